The van der Waals surface area contributed by atoms with Crippen LogP contribution in [0.3, 0.4) is 0 Å². The highest BCUT2D eigenvalue weighted by atomic mass is 35.5. The van der Waals surface area contributed by atoms with E-state index in [1.807, 2.05) is 42.5 Å². The molecule has 0 amide bonds. The van der Waals surface area contributed by atoms with Crippen LogP contribution in [0.4, 0.5) is 19.1 Å². The lowest BCUT2D eigenvalue weighted by Crippen LogP contribution is -2.44. The summed E-state index contributed by atoms with van der Waals surface area (Å²) in [5.74, 6) is -1.85. The van der Waals surface area contributed by atoms with Crippen molar-refractivity contribution in [3.05, 3.63) is 58.6 Å². The number of fused-ring (bicyclic) bond motifs is 1. The second-order valence-electron chi connectivity index (χ2n) is 7.57. The number of alkyl halides is 3. The molecule has 4 rings (SSSR count). The lowest BCUT2D eigenvalue weighted by Gasteiger charge is -2.32. The molecule has 2 aromatic carbocycles. The average molecular weight is 480 g/mol. The number of hydrogen-bond donors (Lipinski definition) is 2. The highest BCUT2D eigenvalue weighted by Gasteiger charge is 2.38. The minimum Gasteiger partial charge on any atom is -0.475 e. The number of aliphatic carboxylic acids is 1. The first-order chi connectivity index (χ1) is 15.6. The van der Waals surface area contributed by atoms with Gasteiger partial charge in [-0.15, -0.1) is 0 Å². The van der Waals surface area contributed by atoms with Gasteiger partial charge in [-0.2, -0.15) is 18.4 Å². The van der Waals surface area contributed by atoms with E-state index < -0.39 is 12.1 Å². The van der Waals surface area contributed by atoms with Gasteiger partial charge in [0.2, 0.25) is 5.95 Å². The number of nitrogens with two attached hydrogens (primary N) is 1. The number of aromatic nitrogens is 2. The van der Waals surface area contributed by atoms with Crippen LogP contribution < -0.4 is 10.6 Å². The monoisotopic (exact) mass is 479 g/mol. The number of carboxylic acid groups (broad SMARTS) is 1. The van der Waals surface area contributed by atoms with Crippen LogP contribution in [0.25, 0.3) is 11.0 Å². The largest absolute Gasteiger partial charge is 0.490 e. The Labute approximate surface area is 192 Å². The number of carbonyl (C=O) groups is 1. The number of anilines is 1. The van der Waals surface area contributed by atoms with Gasteiger partial charge in [-0.1, -0.05) is 29.8 Å². The van der Waals surface area contributed by atoms with E-state index in [1.54, 1.807) is 0 Å². The Morgan fingerprint density at radius 1 is 1.27 bits per heavy atom. The number of nitrogens with zero attached hydrogens (tertiary/aromatic N) is 4. The lowest BCUT2D eigenvalue weighted by molar-refractivity contribution is -0.192. The van der Waals surface area contributed by atoms with Crippen molar-refractivity contribution in [3.8, 4) is 6.07 Å². The van der Waals surface area contributed by atoms with Crippen LogP contribution in [0.2, 0.25) is 5.02 Å². The van der Waals surface area contributed by atoms with E-state index >= 15 is 0 Å². The molecule has 1 saturated heterocycles. The molecule has 1 aliphatic rings. The number of halogens is 4. The molecule has 1 aromatic heterocycles. The van der Waals surface area contributed by atoms with E-state index in [-0.39, 0.29) is 6.04 Å². The smallest absolute Gasteiger partial charge is 0.475 e. The lowest BCUT2D eigenvalue weighted by atomic mass is 10.1. The van der Waals surface area contributed by atoms with Gasteiger partial charge < -0.3 is 20.3 Å². The minimum atomic E-state index is -5.08. The second kappa shape index (κ2) is 10.1. The van der Waals surface area contributed by atoms with Crippen LogP contribution in [0.1, 0.15) is 24.0 Å². The van der Waals surface area contributed by atoms with Gasteiger partial charge in [-0.25, -0.2) is 9.78 Å². The Morgan fingerprint density at radius 2 is 1.94 bits per heavy atom. The number of para-hydroxylation sites is 1. The molecule has 0 bridgehead atoms. The van der Waals surface area contributed by atoms with Gasteiger partial charge in [0, 0.05) is 19.1 Å². The third-order valence-corrected chi connectivity index (χ3v) is 5.42. The summed E-state index contributed by atoms with van der Waals surface area (Å²) in [5, 5.41) is 16.8. The fourth-order valence-corrected chi connectivity index (χ4v) is 3.77. The van der Waals surface area contributed by atoms with Gasteiger partial charge in [0.15, 0.2) is 0 Å². The first-order valence-electron chi connectivity index (χ1n) is 10.0. The summed E-state index contributed by atoms with van der Waals surface area (Å²) < 4.78 is 33.9. The fourth-order valence-electron chi connectivity index (χ4n) is 3.56. The molecule has 0 aliphatic carbocycles. The molecule has 11 heteroatoms. The van der Waals surface area contributed by atoms with Crippen LogP contribution >= 0.6 is 11.6 Å². The van der Waals surface area contributed by atoms with Crippen molar-refractivity contribution in [2.45, 2.75) is 31.6 Å². The third kappa shape index (κ3) is 5.94. The minimum absolute atomic E-state index is 0.169. The van der Waals surface area contributed by atoms with E-state index in [0.29, 0.717) is 17.1 Å². The molecule has 1 aliphatic heterocycles. The standard InChI is InChI=1S/C20H20ClN5.C2HF3O2/c21-17-4-1-5-18-19(17)24-20(25-10-2-3-16(23)13-25)26(18)12-15-8-6-14(11-22)7-9-15;3-2(4,5)1(6)7/h1,4-9,16H,2-3,10,12-13,23H2;(H,6,7)/t16-;/m0./s1. The first-order valence-corrected chi connectivity index (χ1v) is 10.4. The second-order valence-corrected chi connectivity index (χ2v) is 7.97. The molecule has 0 unspecified atom stereocenters. The summed E-state index contributed by atoms with van der Waals surface area (Å²) in [5.41, 5.74) is 9.79. The van der Waals surface area contributed by atoms with Crippen LogP contribution in [0.5, 0.6) is 0 Å². The topological polar surface area (TPSA) is 108 Å². The van der Waals surface area contributed by atoms with Crippen LogP contribution in [-0.4, -0.2) is 45.9 Å². The molecule has 1 fully saturated rings. The molecule has 1 atom stereocenters. The van der Waals surface area contributed by atoms with Crippen molar-refractivity contribution < 1.29 is 23.1 Å². The van der Waals surface area contributed by atoms with Crippen LogP contribution in [-0.2, 0) is 11.3 Å². The van der Waals surface area contributed by atoms with Gasteiger partial charge in [0.25, 0.3) is 0 Å². The SMILES string of the molecule is N#Cc1ccc(Cn2c(N3CCC[C@H](N)C3)nc3c(Cl)cccc32)cc1.O=C(O)C(F)(F)F. The summed E-state index contributed by atoms with van der Waals surface area (Å²) >= 11 is 6.40. The van der Waals surface area contributed by atoms with E-state index in [4.69, 9.17) is 37.5 Å². The van der Waals surface area contributed by atoms with Crippen molar-refractivity contribution in [2.24, 2.45) is 5.73 Å². The molecule has 174 valence electrons. The number of piperidine rings is 1. The maximum atomic E-state index is 10.6. The number of rotatable bonds is 3. The molecule has 0 radical (unpaired) electrons. The van der Waals surface area contributed by atoms with E-state index in [0.717, 1.165) is 48.5 Å². The van der Waals surface area contributed by atoms with Crippen molar-refractivity contribution in [1.82, 2.24) is 9.55 Å². The van der Waals surface area contributed by atoms with Crippen molar-refractivity contribution in [3.63, 3.8) is 0 Å². The average Bonchev–Trinajstić information content (AvgIpc) is 3.14. The summed E-state index contributed by atoms with van der Waals surface area (Å²) in [6, 6.07) is 15.9. The Hall–Kier alpha value is -3.29. The predicted molar refractivity (Wildman–Crippen MR) is 118 cm³/mol. The Kier molecular flexibility index (Phi) is 7.46. The number of hydrogen-bond acceptors (Lipinski definition) is 5. The zero-order chi connectivity index (χ0) is 24.2. The van der Waals surface area contributed by atoms with Crippen LogP contribution in [0.15, 0.2) is 42.5 Å². The van der Waals surface area contributed by atoms with Crippen molar-refractivity contribution in [2.75, 3.05) is 18.0 Å². The molecule has 0 spiro atoms. The summed E-state index contributed by atoms with van der Waals surface area (Å²) in [4.78, 5) is 16.0. The zero-order valence-corrected chi connectivity index (χ0v) is 18.1. The van der Waals surface area contributed by atoms with E-state index in [9.17, 15) is 13.2 Å². The quantitative estimate of drug-likeness (QED) is 0.583. The summed E-state index contributed by atoms with van der Waals surface area (Å²) in [7, 11) is 0. The molecule has 2 heterocycles. The van der Waals surface area contributed by atoms with Crippen LogP contribution in [0, 0.1) is 11.3 Å². The highest BCUT2D eigenvalue weighted by Crippen LogP contribution is 2.30. The summed E-state index contributed by atoms with van der Waals surface area (Å²) in [6.45, 7) is 2.42. The van der Waals surface area contributed by atoms with Gasteiger partial charge in [0.1, 0.15) is 5.52 Å². The molecule has 0 saturated carbocycles. The maximum absolute atomic E-state index is 10.6. The van der Waals surface area contributed by atoms with Crippen molar-refractivity contribution >= 4 is 34.6 Å². The molecule has 3 aromatic rings. The zero-order valence-electron chi connectivity index (χ0n) is 17.4. The maximum Gasteiger partial charge on any atom is 0.490 e. The van der Waals surface area contributed by atoms with Gasteiger partial charge in [0.05, 0.1) is 28.7 Å². The highest BCUT2D eigenvalue weighted by molar-refractivity contribution is 6.35. The predicted octanol–water partition coefficient (Wildman–Crippen LogP) is 4.17. The summed E-state index contributed by atoms with van der Waals surface area (Å²) in [6.07, 6.45) is -2.97. The Bertz CT molecular complexity index is 1170. The number of carboxylic acids is 1. The number of imidazole rings is 1. The molecular formula is C22H21ClF3N5O2. The van der Waals surface area contributed by atoms with Gasteiger partial charge in [-0.05, 0) is 42.7 Å². The molecule has 3 N–H and O–H groups in total. The number of benzene rings is 2. The Morgan fingerprint density at radius 3 is 2.52 bits per heavy atom. The fraction of sp³-hybridized carbons (Fsp3) is 0.318. The molecular weight excluding hydrogens is 459 g/mol. The van der Waals surface area contributed by atoms with Gasteiger partial charge >= 0.3 is 12.1 Å². The first kappa shape index (κ1) is 24.4. The molecule has 7 nitrogen and oxygen atoms in total. The van der Waals surface area contributed by atoms with E-state index in [1.165, 1.54) is 0 Å². The van der Waals surface area contributed by atoms with E-state index in [2.05, 4.69) is 15.5 Å². The van der Waals surface area contributed by atoms with Gasteiger partial charge in [-0.3, -0.25) is 0 Å². The van der Waals surface area contributed by atoms with Crippen molar-refractivity contribution in [1.29, 1.82) is 5.26 Å². The Balaban J connectivity index is 0.000000383. The number of nitriles is 1. The normalized spacial score (nSPS) is 16.1. The molecule has 33 heavy (non-hydrogen) atoms. The third-order valence-electron chi connectivity index (χ3n) is 5.12.